The molecule has 0 bridgehead atoms. The van der Waals surface area contributed by atoms with E-state index in [1.54, 1.807) is 31.3 Å². The molecule has 6 heteroatoms. The first kappa shape index (κ1) is 14.6. The fourth-order valence-electron chi connectivity index (χ4n) is 1.83. The van der Waals surface area contributed by atoms with Crippen molar-refractivity contribution in [1.82, 2.24) is 9.78 Å². The van der Waals surface area contributed by atoms with Crippen LogP contribution in [0.1, 0.15) is 29.8 Å². The summed E-state index contributed by atoms with van der Waals surface area (Å²) in [5.74, 6) is 0.685. The fraction of sp³-hybridized carbons (Fsp3) is 0.267. The molecule has 0 spiro atoms. The summed E-state index contributed by atoms with van der Waals surface area (Å²) in [5.41, 5.74) is 0.777. The molecule has 6 nitrogen and oxygen atoms in total. The number of rotatable bonds is 4. The standard InChI is InChI=1S/C15H16N4O2/c1-10(2)21-13-6-4-5-11(7-13)15(20)18-14-12(8-16)9-17-19(14)3/h4-7,9-10H,1-3H3,(H,18,20). The lowest BCUT2D eigenvalue weighted by atomic mass is 10.2. The molecule has 1 amide bonds. The number of aryl methyl sites for hydroxylation is 1. The molecule has 1 aromatic heterocycles. The van der Waals surface area contributed by atoms with E-state index in [0.29, 0.717) is 22.7 Å². The molecule has 0 radical (unpaired) electrons. The van der Waals surface area contributed by atoms with Crippen LogP contribution in [0, 0.1) is 11.3 Å². The lowest BCUT2D eigenvalue weighted by Gasteiger charge is -2.11. The van der Waals surface area contributed by atoms with Gasteiger partial charge >= 0.3 is 0 Å². The number of benzene rings is 1. The minimum atomic E-state index is -0.315. The molecule has 1 aromatic carbocycles. The van der Waals surface area contributed by atoms with Gasteiger partial charge < -0.3 is 10.1 Å². The van der Waals surface area contributed by atoms with Crippen molar-refractivity contribution in [3.8, 4) is 11.8 Å². The maximum absolute atomic E-state index is 12.3. The highest BCUT2D eigenvalue weighted by Gasteiger charge is 2.13. The van der Waals surface area contributed by atoms with Crippen molar-refractivity contribution < 1.29 is 9.53 Å². The second-order valence-electron chi connectivity index (χ2n) is 4.79. The molecule has 0 saturated carbocycles. The number of aromatic nitrogens is 2. The average molecular weight is 284 g/mol. The van der Waals surface area contributed by atoms with Gasteiger partial charge in [0.15, 0.2) is 0 Å². The minimum Gasteiger partial charge on any atom is -0.491 e. The van der Waals surface area contributed by atoms with Crippen LogP contribution < -0.4 is 10.1 Å². The molecule has 1 N–H and O–H groups in total. The Kier molecular flexibility index (Phi) is 4.24. The summed E-state index contributed by atoms with van der Waals surface area (Å²) in [7, 11) is 1.66. The van der Waals surface area contributed by atoms with Crippen LogP contribution in [0.15, 0.2) is 30.5 Å². The highest BCUT2D eigenvalue weighted by atomic mass is 16.5. The van der Waals surface area contributed by atoms with E-state index >= 15 is 0 Å². The number of ether oxygens (including phenoxy) is 1. The second-order valence-corrected chi connectivity index (χ2v) is 4.79. The van der Waals surface area contributed by atoms with E-state index in [-0.39, 0.29) is 12.0 Å². The van der Waals surface area contributed by atoms with Crippen molar-refractivity contribution in [3.63, 3.8) is 0 Å². The van der Waals surface area contributed by atoms with Gasteiger partial charge in [0.1, 0.15) is 23.2 Å². The normalized spacial score (nSPS) is 10.2. The van der Waals surface area contributed by atoms with Gasteiger partial charge in [-0.25, -0.2) is 0 Å². The van der Waals surface area contributed by atoms with E-state index in [0.717, 1.165) is 0 Å². The molecule has 1 heterocycles. The molecular weight excluding hydrogens is 268 g/mol. The number of nitrogens with zero attached hydrogens (tertiary/aromatic N) is 3. The zero-order valence-electron chi connectivity index (χ0n) is 12.1. The van der Waals surface area contributed by atoms with Crippen LogP contribution in [-0.4, -0.2) is 21.8 Å². The first-order chi connectivity index (χ1) is 10.0. The van der Waals surface area contributed by atoms with Crippen molar-refractivity contribution in [1.29, 1.82) is 5.26 Å². The first-order valence-electron chi connectivity index (χ1n) is 6.51. The van der Waals surface area contributed by atoms with Crippen LogP contribution in [0.5, 0.6) is 5.75 Å². The van der Waals surface area contributed by atoms with Crippen molar-refractivity contribution in [2.45, 2.75) is 20.0 Å². The van der Waals surface area contributed by atoms with Crippen LogP contribution in [0.2, 0.25) is 0 Å². The highest BCUT2D eigenvalue weighted by molar-refractivity contribution is 6.04. The summed E-state index contributed by atoms with van der Waals surface area (Å²) < 4.78 is 7.01. The molecule has 108 valence electrons. The fourth-order valence-corrected chi connectivity index (χ4v) is 1.83. The first-order valence-corrected chi connectivity index (χ1v) is 6.51. The van der Waals surface area contributed by atoms with Gasteiger partial charge in [0.25, 0.3) is 5.91 Å². The molecule has 0 aliphatic rings. The van der Waals surface area contributed by atoms with Gasteiger partial charge in [0.2, 0.25) is 0 Å². The van der Waals surface area contributed by atoms with E-state index < -0.39 is 0 Å². The molecule has 21 heavy (non-hydrogen) atoms. The van der Waals surface area contributed by atoms with Crippen molar-refractivity contribution in [2.75, 3.05) is 5.32 Å². The number of hydrogen-bond acceptors (Lipinski definition) is 4. The number of amides is 1. The van der Waals surface area contributed by atoms with Gasteiger partial charge in [-0.15, -0.1) is 0 Å². The van der Waals surface area contributed by atoms with Gasteiger partial charge in [0.05, 0.1) is 12.3 Å². The average Bonchev–Trinajstić information content (AvgIpc) is 2.79. The molecular formula is C15H16N4O2. The molecule has 0 aliphatic heterocycles. The van der Waals surface area contributed by atoms with Crippen LogP contribution in [0.25, 0.3) is 0 Å². The quantitative estimate of drug-likeness (QED) is 0.934. The Hall–Kier alpha value is -2.81. The molecule has 0 atom stereocenters. The highest BCUT2D eigenvalue weighted by Crippen LogP contribution is 2.18. The number of anilines is 1. The van der Waals surface area contributed by atoms with Gasteiger partial charge in [-0.1, -0.05) is 6.07 Å². The molecule has 0 aliphatic carbocycles. The number of carbonyl (C=O) groups is 1. The summed E-state index contributed by atoms with van der Waals surface area (Å²) in [6.07, 6.45) is 1.44. The van der Waals surface area contributed by atoms with Crippen LogP contribution in [-0.2, 0) is 7.05 Å². The number of hydrogen-bond donors (Lipinski definition) is 1. The Labute approximate surface area is 123 Å². The van der Waals surface area contributed by atoms with Crippen LogP contribution in [0.4, 0.5) is 5.82 Å². The van der Waals surface area contributed by atoms with Gasteiger partial charge in [-0.3, -0.25) is 9.48 Å². The Morgan fingerprint density at radius 3 is 2.90 bits per heavy atom. The minimum absolute atomic E-state index is 0.0329. The molecule has 0 saturated heterocycles. The Morgan fingerprint density at radius 1 is 1.48 bits per heavy atom. The Morgan fingerprint density at radius 2 is 2.24 bits per heavy atom. The molecule has 0 fully saturated rings. The largest absolute Gasteiger partial charge is 0.491 e. The lowest BCUT2D eigenvalue weighted by Crippen LogP contribution is -2.15. The Bertz CT molecular complexity index is 698. The smallest absolute Gasteiger partial charge is 0.256 e. The predicted octanol–water partition coefficient (Wildman–Crippen LogP) is 2.33. The summed E-state index contributed by atoms with van der Waals surface area (Å²) in [4.78, 5) is 12.3. The maximum atomic E-state index is 12.3. The number of nitrogens with one attached hydrogen (secondary N) is 1. The van der Waals surface area contributed by atoms with Gasteiger partial charge in [0, 0.05) is 12.6 Å². The predicted molar refractivity (Wildman–Crippen MR) is 78.1 cm³/mol. The third-order valence-corrected chi connectivity index (χ3v) is 2.76. The van der Waals surface area contributed by atoms with Crippen LogP contribution in [0.3, 0.4) is 0 Å². The third kappa shape index (κ3) is 3.39. The lowest BCUT2D eigenvalue weighted by molar-refractivity contribution is 0.102. The molecule has 2 aromatic rings. The maximum Gasteiger partial charge on any atom is 0.256 e. The summed E-state index contributed by atoms with van der Waals surface area (Å²) >= 11 is 0. The summed E-state index contributed by atoms with van der Waals surface area (Å²) in [6.45, 7) is 3.84. The van der Waals surface area contributed by atoms with Crippen molar-refractivity contribution >= 4 is 11.7 Å². The van der Waals surface area contributed by atoms with Crippen molar-refractivity contribution in [3.05, 3.63) is 41.6 Å². The van der Waals surface area contributed by atoms with E-state index in [9.17, 15) is 4.79 Å². The van der Waals surface area contributed by atoms with E-state index in [4.69, 9.17) is 10.00 Å². The SMILES string of the molecule is CC(C)Oc1cccc(C(=O)Nc2c(C#N)cnn2C)c1. The second kappa shape index (κ2) is 6.09. The zero-order valence-corrected chi connectivity index (χ0v) is 12.1. The summed E-state index contributed by atoms with van der Waals surface area (Å²) in [6, 6.07) is 8.88. The van der Waals surface area contributed by atoms with E-state index in [1.807, 2.05) is 19.9 Å². The zero-order chi connectivity index (χ0) is 15.4. The number of carbonyl (C=O) groups excluding carboxylic acids is 1. The monoisotopic (exact) mass is 284 g/mol. The topological polar surface area (TPSA) is 79.9 Å². The molecule has 0 unspecified atom stereocenters. The third-order valence-electron chi connectivity index (χ3n) is 2.76. The van der Waals surface area contributed by atoms with E-state index in [2.05, 4.69) is 10.4 Å². The van der Waals surface area contributed by atoms with Gasteiger partial charge in [-0.05, 0) is 32.0 Å². The van der Waals surface area contributed by atoms with E-state index in [1.165, 1.54) is 10.9 Å². The summed E-state index contributed by atoms with van der Waals surface area (Å²) in [5, 5.41) is 15.6. The van der Waals surface area contributed by atoms with Crippen LogP contribution >= 0.6 is 0 Å². The number of nitriles is 1. The Balaban J connectivity index is 2.21. The van der Waals surface area contributed by atoms with Gasteiger partial charge in [-0.2, -0.15) is 10.4 Å². The molecule has 2 rings (SSSR count). The van der Waals surface area contributed by atoms with Crippen molar-refractivity contribution in [2.24, 2.45) is 7.05 Å².